The van der Waals surface area contributed by atoms with Crippen LogP contribution in [0.2, 0.25) is 0 Å². The first-order chi connectivity index (χ1) is 6.96. The van der Waals surface area contributed by atoms with E-state index in [0.29, 0.717) is 6.61 Å². The Balaban J connectivity index is 4.36. The van der Waals surface area contributed by atoms with E-state index in [4.69, 9.17) is 4.74 Å². The van der Waals surface area contributed by atoms with Crippen LogP contribution in [0.15, 0.2) is 0 Å². The molecule has 15 heavy (non-hydrogen) atoms. The quantitative estimate of drug-likeness (QED) is 0.641. The van der Waals surface area contributed by atoms with Crippen molar-refractivity contribution in [3.63, 3.8) is 0 Å². The van der Waals surface area contributed by atoms with Gasteiger partial charge >= 0.3 is 5.97 Å². The van der Waals surface area contributed by atoms with Crippen molar-refractivity contribution in [1.29, 1.82) is 0 Å². The summed E-state index contributed by atoms with van der Waals surface area (Å²) < 4.78 is 5.07. The van der Waals surface area contributed by atoms with Gasteiger partial charge in [0.25, 0.3) is 0 Å². The van der Waals surface area contributed by atoms with E-state index in [1.807, 2.05) is 34.9 Å². The van der Waals surface area contributed by atoms with Crippen molar-refractivity contribution in [2.24, 2.45) is 0 Å². The molecule has 0 aromatic rings. The van der Waals surface area contributed by atoms with Gasteiger partial charge in [0.05, 0.1) is 6.61 Å². The van der Waals surface area contributed by atoms with Gasteiger partial charge in [0.15, 0.2) is 0 Å². The molecular formula is C11H24N2O2. The molecular weight excluding hydrogens is 192 g/mol. The van der Waals surface area contributed by atoms with Gasteiger partial charge in [-0.2, -0.15) is 0 Å². The lowest BCUT2D eigenvalue weighted by Gasteiger charge is -2.29. The molecule has 1 N–H and O–H groups in total. The predicted molar refractivity (Wildman–Crippen MR) is 61.9 cm³/mol. The SMILES string of the molecule is CCNC(C)(CCN(C)C)C(=O)OCC. The molecule has 0 rings (SSSR count). The van der Waals surface area contributed by atoms with Crippen LogP contribution in [-0.2, 0) is 9.53 Å². The molecule has 0 aliphatic rings. The molecule has 90 valence electrons. The number of hydrogen-bond donors (Lipinski definition) is 1. The highest BCUT2D eigenvalue weighted by Crippen LogP contribution is 2.12. The second kappa shape index (κ2) is 6.80. The third-order valence-corrected chi connectivity index (χ3v) is 2.35. The molecule has 0 bridgehead atoms. The van der Waals surface area contributed by atoms with E-state index in [1.165, 1.54) is 0 Å². The zero-order chi connectivity index (χ0) is 11.9. The lowest BCUT2D eigenvalue weighted by atomic mass is 9.97. The van der Waals surface area contributed by atoms with Gasteiger partial charge < -0.3 is 15.0 Å². The Kier molecular flexibility index (Phi) is 6.52. The van der Waals surface area contributed by atoms with E-state index >= 15 is 0 Å². The smallest absolute Gasteiger partial charge is 0.326 e. The Bertz CT molecular complexity index is 195. The molecule has 0 radical (unpaired) electrons. The number of rotatable bonds is 7. The maximum absolute atomic E-state index is 11.8. The highest BCUT2D eigenvalue weighted by Gasteiger charge is 2.33. The minimum absolute atomic E-state index is 0.159. The van der Waals surface area contributed by atoms with Crippen molar-refractivity contribution in [2.75, 3.05) is 33.8 Å². The number of ether oxygens (including phenoxy) is 1. The molecule has 0 amide bonds. The summed E-state index contributed by atoms with van der Waals surface area (Å²) in [6, 6.07) is 0. The monoisotopic (exact) mass is 216 g/mol. The fraction of sp³-hybridized carbons (Fsp3) is 0.909. The van der Waals surface area contributed by atoms with Crippen LogP contribution in [0.25, 0.3) is 0 Å². The van der Waals surface area contributed by atoms with Crippen LogP contribution in [0.5, 0.6) is 0 Å². The van der Waals surface area contributed by atoms with Crippen molar-refractivity contribution < 1.29 is 9.53 Å². The van der Waals surface area contributed by atoms with Crippen molar-refractivity contribution in [3.8, 4) is 0 Å². The van der Waals surface area contributed by atoms with Crippen LogP contribution in [0.1, 0.15) is 27.2 Å². The molecule has 0 saturated carbocycles. The molecule has 4 heteroatoms. The maximum atomic E-state index is 11.8. The van der Waals surface area contributed by atoms with Crippen LogP contribution in [0.4, 0.5) is 0 Å². The highest BCUT2D eigenvalue weighted by atomic mass is 16.5. The second-order valence-electron chi connectivity index (χ2n) is 4.14. The van der Waals surface area contributed by atoms with Gasteiger partial charge in [-0.05, 0) is 47.5 Å². The van der Waals surface area contributed by atoms with Crippen LogP contribution < -0.4 is 5.32 Å². The number of likely N-dealkylation sites (N-methyl/N-ethyl adjacent to an activating group) is 1. The summed E-state index contributed by atoms with van der Waals surface area (Å²) in [7, 11) is 4.00. The number of hydrogen-bond acceptors (Lipinski definition) is 4. The first kappa shape index (κ1) is 14.4. The zero-order valence-corrected chi connectivity index (χ0v) is 10.6. The van der Waals surface area contributed by atoms with Crippen LogP contribution >= 0.6 is 0 Å². The summed E-state index contributed by atoms with van der Waals surface area (Å²) in [5.41, 5.74) is -0.560. The topological polar surface area (TPSA) is 41.6 Å². The summed E-state index contributed by atoms with van der Waals surface area (Å²) in [4.78, 5) is 13.8. The van der Waals surface area contributed by atoms with Gasteiger partial charge in [-0.1, -0.05) is 6.92 Å². The van der Waals surface area contributed by atoms with E-state index in [2.05, 4.69) is 10.2 Å². The van der Waals surface area contributed by atoms with Crippen molar-refractivity contribution in [1.82, 2.24) is 10.2 Å². The Morgan fingerprint density at radius 3 is 2.40 bits per heavy atom. The van der Waals surface area contributed by atoms with Crippen molar-refractivity contribution in [2.45, 2.75) is 32.7 Å². The van der Waals surface area contributed by atoms with Crippen LogP contribution in [0.3, 0.4) is 0 Å². The molecule has 4 nitrogen and oxygen atoms in total. The number of nitrogens with one attached hydrogen (secondary N) is 1. The highest BCUT2D eigenvalue weighted by molar-refractivity contribution is 5.80. The van der Waals surface area contributed by atoms with Crippen LogP contribution in [-0.4, -0.2) is 50.2 Å². The Labute approximate surface area is 93.0 Å². The number of carbonyl (C=O) groups is 1. The molecule has 0 saturated heterocycles. The first-order valence-corrected chi connectivity index (χ1v) is 5.53. The predicted octanol–water partition coefficient (Wildman–Crippen LogP) is 0.869. The molecule has 0 aromatic carbocycles. The Hall–Kier alpha value is -0.610. The largest absolute Gasteiger partial charge is 0.465 e. The summed E-state index contributed by atoms with van der Waals surface area (Å²) in [5.74, 6) is -0.159. The van der Waals surface area contributed by atoms with Crippen molar-refractivity contribution in [3.05, 3.63) is 0 Å². The van der Waals surface area contributed by atoms with E-state index in [9.17, 15) is 4.79 Å². The maximum Gasteiger partial charge on any atom is 0.326 e. The third-order valence-electron chi connectivity index (χ3n) is 2.35. The summed E-state index contributed by atoms with van der Waals surface area (Å²) in [6.45, 7) is 7.79. The number of esters is 1. The minimum atomic E-state index is -0.560. The van der Waals surface area contributed by atoms with Gasteiger partial charge in [-0.25, -0.2) is 0 Å². The van der Waals surface area contributed by atoms with Gasteiger partial charge in [0.1, 0.15) is 5.54 Å². The molecule has 0 aromatic heterocycles. The Morgan fingerprint density at radius 2 is 2.00 bits per heavy atom. The van der Waals surface area contributed by atoms with Crippen LogP contribution in [0, 0.1) is 0 Å². The molecule has 0 heterocycles. The normalized spacial score (nSPS) is 15.1. The van der Waals surface area contributed by atoms with Gasteiger partial charge in [0, 0.05) is 0 Å². The van der Waals surface area contributed by atoms with Crippen molar-refractivity contribution >= 4 is 5.97 Å². The molecule has 0 spiro atoms. The fourth-order valence-corrected chi connectivity index (χ4v) is 1.39. The lowest BCUT2D eigenvalue weighted by molar-refractivity contribution is -0.150. The summed E-state index contributed by atoms with van der Waals surface area (Å²) in [5, 5.41) is 3.20. The molecule has 0 aliphatic heterocycles. The zero-order valence-electron chi connectivity index (χ0n) is 10.6. The first-order valence-electron chi connectivity index (χ1n) is 5.53. The van der Waals surface area contributed by atoms with E-state index in [-0.39, 0.29) is 5.97 Å². The van der Waals surface area contributed by atoms with Gasteiger partial charge in [-0.15, -0.1) is 0 Å². The Morgan fingerprint density at radius 1 is 1.40 bits per heavy atom. The molecule has 0 aliphatic carbocycles. The summed E-state index contributed by atoms with van der Waals surface area (Å²) >= 11 is 0. The van der Waals surface area contributed by atoms with E-state index in [0.717, 1.165) is 19.5 Å². The fourth-order valence-electron chi connectivity index (χ4n) is 1.39. The average molecular weight is 216 g/mol. The second-order valence-corrected chi connectivity index (χ2v) is 4.14. The van der Waals surface area contributed by atoms with E-state index < -0.39 is 5.54 Å². The van der Waals surface area contributed by atoms with Gasteiger partial charge in [-0.3, -0.25) is 4.79 Å². The molecule has 0 fully saturated rings. The minimum Gasteiger partial charge on any atom is -0.465 e. The average Bonchev–Trinajstić information content (AvgIpc) is 2.15. The number of carbonyl (C=O) groups excluding carboxylic acids is 1. The standard InChI is InChI=1S/C11H24N2O2/c1-6-12-11(3,8-9-13(4)5)10(14)15-7-2/h12H,6-9H2,1-5H3. The number of nitrogens with zero attached hydrogens (tertiary/aromatic N) is 1. The molecule has 1 unspecified atom stereocenters. The van der Waals surface area contributed by atoms with Gasteiger partial charge in [0.2, 0.25) is 0 Å². The third kappa shape index (κ3) is 5.14. The van der Waals surface area contributed by atoms with E-state index in [1.54, 1.807) is 0 Å². The lowest BCUT2D eigenvalue weighted by Crippen LogP contribution is -2.51. The summed E-state index contributed by atoms with van der Waals surface area (Å²) in [6.07, 6.45) is 0.757. The molecule has 1 atom stereocenters.